The minimum Gasteiger partial charge on any atom is -0.385 e. The Labute approximate surface area is 110 Å². The zero-order valence-electron chi connectivity index (χ0n) is 10.2. The Hall–Kier alpha value is -0.960. The topological polar surface area (TPSA) is 98.5 Å². The van der Waals surface area contributed by atoms with Crippen molar-refractivity contribution < 1.29 is 17.9 Å². The molecule has 1 atom stereocenters. The third-order valence-corrected chi connectivity index (χ3v) is 4.64. The van der Waals surface area contributed by atoms with E-state index < -0.39 is 10.0 Å². The molecule has 8 heteroatoms. The summed E-state index contributed by atoms with van der Waals surface area (Å²) < 4.78 is 27.0. The molecule has 1 aromatic rings. The molecular weight excluding hydrogens is 276 g/mol. The average molecular weight is 292 g/mol. The molecular formula is C10H16N2O4S2. The van der Waals surface area contributed by atoms with Crippen molar-refractivity contribution >= 4 is 27.3 Å². The third-order valence-electron chi connectivity index (χ3n) is 2.25. The van der Waals surface area contributed by atoms with Gasteiger partial charge in [0.25, 0.3) is 5.91 Å². The van der Waals surface area contributed by atoms with Gasteiger partial charge in [0, 0.05) is 25.1 Å². The van der Waals surface area contributed by atoms with Crippen LogP contribution in [0.3, 0.4) is 0 Å². The number of carbonyl (C=O) groups is 1. The first-order chi connectivity index (χ1) is 8.34. The number of hydrogen-bond acceptors (Lipinski definition) is 5. The van der Waals surface area contributed by atoms with Gasteiger partial charge in [-0.05, 0) is 19.4 Å². The van der Waals surface area contributed by atoms with Gasteiger partial charge in [-0.25, -0.2) is 13.6 Å². The van der Waals surface area contributed by atoms with Crippen molar-refractivity contribution in [1.29, 1.82) is 0 Å². The molecule has 1 heterocycles. The Bertz CT molecular complexity index is 510. The van der Waals surface area contributed by atoms with Crippen LogP contribution in [-0.2, 0) is 14.8 Å². The van der Waals surface area contributed by atoms with Crippen LogP contribution in [0.4, 0.5) is 0 Å². The molecule has 18 heavy (non-hydrogen) atoms. The third kappa shape index (κ3) is 4.37. The van der Waals surface area contributed by atoms with Gasteiger partial charge in [-0.2, -0.15) is 0 Å². The molecule has 0 radical (unpaired) electrons. The van der Waals surface area contributed by atoms with Gasteiger partial charge in [-0.3, -0.25) is 4.79 Å². The summed E-state index contributed by atoms with van der Waals surface area (Å²) in [5.41, 5.74) is 0.299. The summed E-state index contributed by atoms with van der Waals surface area (Å²) in [4.78, 5) is 11.8. The quantitative estimate of drug-likeness (QED) is 0.800. The lowest BCUT2D eigenvalue weighted by Gasteiger charge is -2.12. The number of nitrogens with two attached hydrogens (primary N) is 1. The molecule has 0 bridgehead atoms. The average Bonchev–Trinajstić information content (AvgIpc) is 2.75. The molecule has 102 valence electrons. The van der Waals surface area contributed by atoms with Gasteiger partial charge in [0.05, 0.1) is 5.56 Å². The summed E-state index contributed by atoms with van der Waals surface area (Å²) >= 11 is 0.931. The number of amides is 1. The van der Waals surface area contributed by atoms with Gasteiger partial charge < -0.3 is 10.1 Å². The first-order valence-corrected chi connectivity index (χ1v) is 7.68. The number of hydrogen-bond donors (Lipinski definition) is 2. The Morgan fingerprint density at radius 2 is 2.28 bits per heavy atom. The second kappa shape index (κ2) is 6.28. The van der Waals surface area contributed by atoms with Crippen LogP contribution >= 0.6 is 11.3 Å². The van der Waals surface area contributed by atoms with E-state index in [-0.39, 0.29) is 16.2 Å². The summed E-state index contributed by atoms with van der Waals surface area (Å²) in [7, 11) is -2.15. The van der Waals surface area contributed by atoms with Crippen molar-refractivity contribution in [3.05, 3.63) is 17.0 Å². The van der Waals surface area contributed by atoms with E-state index >= 15 is 0 Å². The van der Waals surface area contributed by atoms with Crippen molar-refractivity contribution in [2.75, 3.05) is 13.7 Å². The van der Waals surface area contributed by atoms with Gasteiger partial charge in [0.2, 0.25) is 10.0 Å². The Morgan fingerprint density at radius 3 is 2.78 bits per heavy atom. The molecule has 0 aliphatic heterocycles. The standard InChI is InChI=1S/C10H16N2O4S2/c1-7(3-4-16-2)12-10(13)8-5-9(17-6-8)18(11,14)15/h5-7H,3-4H2,1-2H3,(H,12,13)(H2,11,14,15). The summed E-state index contributed by atoms with van der Waals surface area (Å²) in [6.45, 7) is 2.40. The number of methoxy groups -OCH3 is 1. The summed E-state index contributed by atoms with van der Waals surface area (Å²) in [5, 5.41) is 9.19. The zero-order chi connectivity index (χ0) is 13.8. The minimum absolute atomic E-state index is 0.0165. The maximum absolute atomic E-state index is 11.8. The van der Waals surface area contributed by atoms with Crippen molar-refractivity contribution in [2.24, 2.45) is 5.14 Å². The number of sulfonamides is 1. The summed E-state index contributed by atoms with van der Waals surface area (Å²) in [6.07, 6.45) is 0.689. The molecule has 1 aromatic heterocycles. The van der Waals surface area contributed by atoms with Gasteiger partial charge >= 0.3 is 0 Å². The van der Waals surface area contributed by atoms with Crippen LogP contribution < -0.4 is 10.5 Å². The summed E-state index contributed by atoms with van der Waals surface area (Å²) in [5.74, 6) is -0.315. The maximum Gasteiger partial charge on any atom is 0.252 e. The van der Waals surface area contributed by atoms with Gasteiger partial charge in [0.15, 0.2) is 0 Å². The SMILES string of the molecule is COCCC(C)NC(=O)c1csc(S(N)(=O)=O)c1. The molecule has 1 rings (SSSR count). The monoisotopic (exact) mass is 292 g/mol. The molecule has 0 fully saturated rings. The van der Waals surface area contributed by atoms with E-state index in [9.17, 15) is 13.2 Å². The largest absolute Gasteiger partial charge is 0.385 e. The van der Waals surface area contributed by atoms with Crippen LogP contribution in [0.2, 0.25) is 0 Å². The number of carbonyl (C=O) groups excluding carboxylic acids is 1. The highest BCUT2D eigenvalue weighted by Gasteiger charge is 2.16. The highest BCUT2D eigenvalue weighted by Crippen LogP contribution is 2.18. The van der Waals surface area contributed by atoms with Crippen molar-refractivity contribution in [1.82, 2.24) is 5.32 Å². The number of nitrogens with one attached hydrogen (secondary N) is 1. The van der Waals surface area contributed by atoms with Crippen LogP contribution in [0.1, 0.15) is 23.7 Å². The van der Waals surface area contributed by atoms with E-state index in [4.69, 9.17) is 9.88 Å². The molecule has 3 N–H and O–H groups in total. The van der Waals surface area contributed by atoms with Gasteiger partial charge in [0.1, 0.15) is 4.21 Å². The highest BCUT2D eigenvalue weighted by atomic mass is 32.2. The van der Waals surface area contributed by atoms with E-state index in [1.54, 1.807) is 7.11 Å². The van der Waals surface area contributed by atoms with Gasteiger partial charge in [-0.15, -0.1) is 11.3 Å². The van der Waals surface area contributed by atoms with E-state index in [1.165, 1.54) is 11.4 Å². The van der Waals surface area contributed by atoms with Crippen molar-refractivity contribution in [3.8, 4) is 0 Å². The highest BCUT2D eigenvalue weighted by molar-refractivity contribution is 7.91. The lowest BCUT2D eigenvalue weighted by atomic mass is 10.2. The number of rotatable bonds is 6. The molecule has 1 unspecified atom stereocenters. The second-order valence-electron chi connectivity index (χ2n) is 3.86. The maximum atomic E-state index is 11.8. The molecule has 0 aromatic carbocycles. The lowest BCUT2D eigenvalue weighted by molar-refractivity contribution is 0.0930. The Balaban J connectivity index is 2.65. The number of primary sulfonamides is 1. The van der Waals surface area contributed by atoms with E-state index in [0.29, 0.717) is 18.6 Å². The predicted octanol–water partition coefficient (Wildman–Crippen LogP) is 0.550. The molecule has 0 spiro atoms. The van der Waals surface area contributed by atoms with Crippen LogP contribution in [-0.4, -0.2) is 34.1 Å². The molecule has 0 saturated carbocycles. The van der Waals surface area contributed by atoms with Crippen LogP contribution in [0.25, 0.3) is 0 Å². The van der Waals surface area contributed by atoms with Crippen molar-refractivity contribution in [3.63, 3.8) is 0 Å². The first kappa shape index (κ1) is 15.1. The predicted molar refractivity (Wildman–Crippen MR) is 69.1 cm³/mol. The van der Waals surface area contributed by atoms with E-state index in [2.05, 4.69) is 5.32 Å². The summed E-state index contributed by atoms with van der Waals surface area (Å²) in [6, 6.07) is 1.23. The van der Waals surface area contributed by atoms with Crippen LogP contribution in [0, 0.1) is 0 Å². The fourth-order valence-electron chi connectivity index (χ4n) is 1.26. The Morgan fingerprint density at radius 1 is 1.61 bits per heavy atom. The van der Waals surface area contributed by atoms with E-state index in [1.807, 2.05) is 6.92 Å². The molecule has 1 amide bonds. The minimum atomic E-state index is -3.74. The zero-order valence-corrected chi connectivity index (χ0v) is 11.8. The Kier molecular flexibility index (Phi) is 5.27. The smallest absolute Gasteiger partial charge is 0.252 e. The number of thiophene rings is 1. The molecule has 0 saturated heterocycles. The normalized spacial score (nSPS) is 13.3. The molecule has 0 aliphatic rings. The second-order valence-corrected chi connectivity index (χ2v) is 6.55. The molecule has 6 nitrogen and oxygen atoms in total. The van der Waals surface area contributed by atoms with Crippen molar-refractivity contribution in [2.45, 2.75) is 23.6 Å². The fourth-order valence-corrected chi connectivity index (χ4v) is 2.84. The fraction of sp³-hybridized carbons (Fsp3) is 0.500. The first-order valence-electron chi connectivity index (χ1n) is 5.25. The van der Waals surface area contributed by atoms with Crippen LogP contribution in [0.5, 0.6) is 0 Å². The van der Waals surface area contributed by atoms with Gasteiger partial charge in [-0.1, -0.05) is 0 Å². The number of ether oxygens (including phenoxy) is 1. The molecule has 0 aliphatic carbocycles. The van der Waals surface area contributed by atoms with E-state index in [0.717, 1.165) is 11.3 Å². The lowest BCUT2D eigenvalue weighted by Crippen LogP contribution is -2.33. The van der Waals surface area contributed by atoms with Crippen LogP contribution in [0.15, 0.2) is 15.7 Å².